The van der Waals surface area contributed by atoms with Gasteiger partial charge in [-0.1, -0.05) is 18.2 Å². The van der Waals surface area contributed by atoms with Crippen LogP contribution in [0.15, 0.2) is 35.1 Å². The van der Waals surface area contributed by atoms with Crippen LogP contribution in [0.4, 0.5) is 0 Å². The fourth-order valence-electron chi connectivity index (χ4n) is 3.75. The molecule has 26 heavy (non-hydrogen) atoms. The summed E-state index contributed by atoms with van der Waals surface area (Å²) in [6, 6.07) is 10.2. The third-order valence-corrected chi connectivity index (χ3v) is 5.40. The second-order valence-corrected chi connectivity index (χ2v) is 7.07. The number of nitrogens with zero attached hydrogens (tertiary/aromatic N) is 3. The maximum atomic E-state index is 12.4. The maximum absolute atomic E-state index is 12.4. The van der Waals surface area contributed by atoms with E-state index in [1.54, 1.807) is 11.6 Å². The van der Waals surface area contributed by atoms with E-state index in [1.807, 2.05) is 38.1 Å². The van der Waals surface area contributed by atoms with Gasteiger partial charge in [0.05, 0.1) is 7.11 Å². The summed E-state index contributed by atoms with van der Waals surface area (Å²) in [7, 11) is 1.71. The smallest absolute Gasteiger partial charge is 0.275 e. The third-order valence-electron chi connectivity index (χ3n) is 5.40. The molecule has 0 spiro atoms. The van der Waals surface area contributed by atoms with Gasteiger partial charge < -0.3 is 4.74 Å². The van der Waals surface area contributed by atoms with Crippen molar-refractivity contribution in [2.45, 2.75) is 32.7 Å². The largest absolute Gasteiger partial charge is 0.496 e. The van der Waals surface area contributed by atoms with Crippen molar-refractivity contribution in [3.63, 3.8) is 0 Å². The van der Waals surface area contributed by atoms with Crippen LogP contribution in [0.2, 0.25) is 0 Å². The van der Waals surface area contributed by atoms with E-state index in [9.17, 15) is 4.79 Å². The highest BCUT2D eigenvalue weighted by Gasteiger charge is 2.26. The normalized spacial score (nSPS) is 17.9. The Kier molecular flexibility index (Phi) is 4.28. The highest BCUT2D eigenvalue weighted by atomic mass is 16.5. The van der Waals surface area contributed by atoms with E-state index >= 15 is 0 Å². The quantitative estimate of drug-likeness (QED) is 0.784. The van der Waals surface area contributed by atoms with E-state index in [0.29, 0.717) is 17.1 Å². The predicted molar refractivity (Wildman–Crippen MR) is 101 cm³/mol. The first-order chi connectivity index (χ1) is 12.6. The third kappa shape index (κ3) is 2.90. The molecule has 1 aromatic carbocycles. The Bertz CT molecular complexity index is 1000. The molecule has 0 radical (unpaired) electrons. The zero-order valence-electron chi connectivity index (χ0n) is 15.5. The molecule has 0 saturated carbocycles. The Labute approximate surface area is 152 Å². The van der Waals surface area contributed by atoms with Crippen LogP contribution in [0.25, 0.3) is 5.65 Å². The van der Waals surface area contributed by atoms with Crippen LogP contribution in [0.5, 0.6) is 5.75 Å². The minimum absolute atomic E-state index is 0.0115. The molecular formula is C20H24N4O2. The number of fused-ring (bicyclic) bond motifs is 1. The van der Waals surface area contributed by atoms with Gasteiger partial charge >= 0.3 is 0 Å². The van der Waals surface area contributed by atoms with Crippen molar-refractivity contribution in [1.29, 1.82) is 0 Å². The van der Waals surface area contributed by atoms with Gasteiger partial charge in [-0.2, -0.15) is 0 Å². The van der Waals surface area contributed by atoms with Crippen molar-refractivity contribution < 1.29 is 4.74 Å². The zero-order chi connectivity index (χ0) is 18.3. The fourth-order valence-corrected chi connectivity index (χ4v) is 3.75. The van der Waals surface area contributed by atoms with E-state index < -0.39 is 0 Å². The molecule has 1 atom stereocenters. The van der Waals surface area contributed by atoms with E-state index in [0.717, 1.165) is 43.2 Å². The second kappa shape index (κ2) is 6.61. The van der Waals surface area contributed by atoms with Crippen LogP contribution in [-0.2, 0) is 6.54 Å². The van der Waals surface area contributed by atoms with Crippen molar-refractivity contribution >= 4 is 5.65 Å². The van der Waals surface area contributed by atoms with Crippen molar-refractivity contribution in [3.8, 4) is 5.75 Å². The van der Waals surface area contributed by atoms with Crippen molar-refractivity contribution in [2.75, 3.05) is 20.2 Å². The minimum atomic E-state index is -0.0115. The Morgan fingerprint density at radius 3 is 2.92 bits per heavy atom. The Morgan fingerprint density at radius 1 is 1.31 bits per heavy atom. The van der Waals surface area contributed by atoms with Gasteiger partial charge in [0.25, 0.3) is 5.56 Å². The standard InChI is InChI=1S/C20H24N4O2/c1-13-14(2)21-19-10-17(22-24(19)20(13)25)15-8-9-23(11-15)12-16-6-4-5-7-18(16)26-3/h4-7,10,15,22H,8-9,11-12H2,1-3H3/t15-/m1/s1. The number of aryl methyl sites for hydroxylation is 1. The molecule has 6 heteroatoms. The van der Waals surface area contributed by atoms with Crippen LogP contribution in [-0.4, -0.2) is 39.7 Å². The second-order valence-electron chi connectivity index (χ2n) is 7.07. The SMILES string of the molecule is COc1ccccc1CN1CC[C@@H](c2cc3nc(C)c(C)c(=O)n3[nH]2)C1. The van der Waals surface area contributed by atoms with Gasteiger partial charge in [-0.15, -0.1) is 0 Å². The summed E-state index contributed by atoms with van der Waals surface area (Å²) in [5.41, 5.74) is 4.47. The molecule has 0 aliphatic carbocycles. The molecule has 3 aromatic rings. The molecule has 1 N–H and O–H groups in total. The number of hydrogen-bond acceptors (Lipinski definition) is 4. The lowest BCUT2D eigenvalue weighted by Crippen LogP contribution is -2.21. The van der Waals surface area contributed by atoms with Crippen LogP contribution >= 0.6 is 0 Å². The summed E-state index contributed by atoms with van der Waals surface area (Å²) in [6.07, 6.45) is 1.06. The van der Waals surface area contributed by atoms with E-state index in [1.165, 1.54) is 5.56 Å². The lowest BCUT2D eigenvalue weighted by Gasteiger charge is -2.17. The first-order valence-corrected chi connectivity index (χ1v) is 9.00. The molecule has 3 heterocycles. The summed E-state index contributed by atoms with van der Waals surface area (Å²) in [6.45, 7) is 6.56. The highest BCUT2D eigenvalue weighted by Crippen LogP contribution is 2.29. The summed E-state index contributed by atoms with van der Waals surface area (Å²) in [5, 5.41) is 3.27. The zero-order valence-corrected chi connectivity index (χ0v) is 15.5. The van der Waals surface area contributed by atoms with Gasteiger partial charge in [0, 0.05) is 47.6 Å². The Balaban J connectivity index is 1.55. The van der Waals surface area contributed by atoms with E-state index in [4.69, 9.17) is 4.74 Å². The van der Waals surface area contributed by atoms with Crippen LogP contribution in [0.3, 0.4) is 0 Å². The number of benzene rings is 1. The van der Waals surface area contributed by atoms with Gasteiger partial charge in [-0.25, -0.2) is 9.50 Å². The number of aromatic amines is 1. The molecule has 0 amide bonds. The van der Waals surface area contributed by atoms with Crippen molar-refractivity contribution in [3.05, 3.63) is 63.2 Å². The molecule has 4 rings (SSSR count). The number of nitrogens with one attached hydrogen (secondary N) is 1. The molecule has 1 aliphatic heterocycles. The lowest BCUT2D eigenvalue weighted by molar-refractivity contribution is 0.316. The average Bonchev–Trinajstić information content (AvgIpc) is 3.27. The van der Waals surface area contributed by atoms with Crippen molar-refractivity contribution in [2.24, 2.45) is 0 Å². The number of para-hydroxylation sites is 1. The van der Waals surface area contributed by atoms with Gasteiger partial charge in [-0.05, 0) is 32.9 Å². The van der Waals surface area contributed by atoms with Crippen LogP contribution < -0.4 is 10.3 Å². The van der Waals surface area contributed by atoms with Gasteiger partial charge in [0.2, 0.25) is 0 Å². The lowest BCUT2D eigenvalue weighted by atomic mass is 10.1. The minimum Gasteiger partial charge on any atom is -0.496 e. The predicted octanol–water partition coefficient (Wildman–Crippen LogP) is 2.64. The number of aromatic nitrogens is 3. The summed E-state index contributed by atoms with van der Waals surface area (Å²) in [5.74, 6) is 1.31. The van der Waals surface area contributed by atoms with Crippen LogP contribution in [0.1, 0.15) is 34.9 Å². The number of likely N-dealkylation sites (tertiary alicyclic amines) is 1. The molecule has 0 bridgehead atoms. The number of rotatable bonds is 4. The molecule has 1 saturated heterocycles. The Morgan fingerprint density at radius 2 is 2.12 bits per heavy atom. The van der Waals surface area contributed by atoms with Gasteiger partial charge in [-0.3, -0.25) is 14.8 Å². The molecule has 6 nitrogen and oxygen atoms in total. The average molecular weight is 352 g/mol. The molecule has 136 valence electrons. The molecule has 2 aromatic heterocycles. The van der Waals surface area contributed by atoms with E-state index in [-0.39, 0.29) is 5.56 Å². The number of hydrogen-bond donors (Lipinski definition) is 1. The first-order valence-electron chi connectivity index (χ1n) is 9.00. The molecule has 1 fully saturated rings. The number of H-pyrrole nitrogens is 1. The highest BCUT2D eigenvalue weighted by molar-refractivity contribution is 5.42. The fraction of sp³-hybridized carbons (Fsp3) is 0.400. The molecule has 1 aliphatic rings. The summed E-state index contributed by atoms with van der Waals surface area (Å²) in [4.78, 5) is 19.4. The monoisotopic (exact) mass is 352 g/mol. The topological polar surface area (TPSA) is 62.6 Å². The first kappa shape index (κ1) is 16.8. The van der Waals surface area contributed by atoms with Gasteiger partial charge in [0.15, 0.2) is 5.65 Å². The number of ether oxygens (including phenoxy) is 1. The maximum Gasteiger partial charge on any atom is 0.275 e. The van der Waals surface area contributed by atoms with Crippen LogP contribution in [0, 0.1) is 13.8 Å². The summed E-state index contributed by atoms with van der Waals surface area (Å²) >= 11 is 0. The van der Waals surface area contributed by atoms with Gasteiger partial charge in [0.1, 0.15) is 5.75 Å². The van der Waals surface area contributed by atoms with E-state index in [2.05, 4.69) is 21.0 Å². The molecule has 0 unspecified atom stereocenters. The summed E-state index contributed by atoms with van der Waals surface area (Å²) < 4.78 is 7.03. The number of methoxy groups -OCH3 is 1. The molecular weight excluding hydrogens is 328 g/mol. The Hall–Kier alpha value is -2.60. The van der Waals surface area contributed by atoms with Crippen molar-refractivity contribution in [1.82, 2.24) is 19.5 Å².